The largest absolute Gasteiger partial charge is 0.367 e. The van der Waals surface area contributed by atoms with Gasteiger partial charge in [0.05, 0.1) is 0 Å². The fourth-order valence-corrected chi connectivity index (χ4v) is 2.42. The van der Waals surface area contributed by atoms with Gasteiger partial charge in [0.1, 0.15) is 23.0 Å². The average molecular weight is 283 g/mol. The van der Waals surface area contributed by atoms with Crippen LogP contribution >= 0.6 is 0 Å². The van der Waals surface area contributed by atoms with Gasteiger partial charge in [-0.05, 0) is 56.7 Å². The highest BCUT2D eigenvalue weighted by atomic mass is 19.1. The van der Waals surface area contributed by atoms with Crippen molar-refractivity contribution in [3.8, 4) is 11.3 Å². The third-order valence-electron chi connectivity index (χ3n) is 3.39. The number of hydrogen-bond acceptors (Lipinski definition) is 2. The Morgan fingerprint density at radius 2 is 1.86 bits per heavy atom. The third-order valence-corrected chi connectivity index (χ3v) is 3.39. The Morgan fingerprint density at radius 1 is 1.14 bits per heavy atom. The molecule has 1 aromatic carbocycles. The van der Waals surface area contributed by atoms with E-state index in [1.807, 2.05) is 29.7 Å². The summed E-state index contributed by atoms with van der Waals surface area (Å²) in [7, 11) is 0. The molecule has 0 amide bonds. The van der Waals surface area contributed by atoms with Crippen LogP contribution in [0, 0.1) is 12.7 Å². The molecule has 0 bridgehead atoms. The van der Waals surface area contributed by atoms with Gasteiger partial charge in [0.15, 0.2) is 0 Å². The molecule has 0 aliphatic heterocycles. The van der Waals surface area contributed by atoms with Gasteiger partial charge in [-0.25, -0.2) is 9.37 Å². The zero-order valence-corrected chi connectivity index (χ0v) is 12.4. The standard InChI is InChI=1S/C17H18FN3/c1-11(2)19-17-15(13-6-8-14(18)9-7-13)20-16-12(3)5-4-10-21(16)17/h4-11,19H,1-3H3. The van der Waals surface area contributed by atoms with Crippen LogP contribution in [0.15, 0.2) is 42.6 Å². The highest BCUT2D eigenvalue weighted by molar-refractivity contribution is 5.77. The number of anilines is 1. The van der Waals surface area contributed by atoms with Crippen LogP contribution in [-0.4, -0.2) is 15.4 Å². The second-order valence-electron chi connectivity index (χ2n) is 5.50. The molecule has 3 aromatic rings. The number of aryl methyl sites for hydroxylation is 1. The molecule has 0 saturated heterocycles. The number of halogens is 1. The van der Waals surface area contributed by atoms with Crippen molar-refractivity contribution in [1.82, 2.24) is 9.38 Å². The van der Waals surface area contributed by atoms with Gasteiger partial charge in [-0.1, -0.05) is 6.07 Å². The zero-order valence-electron chi connectivity index (χ0n) is 12.4. The van der Waals surface area contributed by atoms with Crippen molar-refractivity contribution in [2.75, 3.05) is 5.32 Å². The van der Waals surface area contributed by atoms with Gasteiger partial charge in [-0.15, -0.1) is 0 Å². The van der Waals surface area contributed by atoms with Gasteiger partial charge >= 0.3 is 0 Å². The molecule has 0 saturated carbocycles. The molecule has 0 radical (unpaired) electrons. The van der Waals surface area contributed by atoms with Gasteiger partial charge in [0.25, 0.3) is 0 Å². The highest BCUT2D eigenvalue weighted by Crippen LogP contribution is 2.30. The Balaban J connectivity index is 2.25. The molecule has 108 valence electrons. The Morgan fingerprint density at radius 3 is 2.52 bits per heavy atom. The van der Waals surface area contributed by atoms with Gasteiger partial charge < -0.3 is 5.32 Å². The zero-order chi connectivity index (χ0) is 15.0. The van der Waals surface area contributed by atoms with Gasteiger partial charge in [-0.3, -0.25) is 4.40 Å². The molecule has 3 nitrogen and oxygen atoms in total. The predicted molar refractivity (Wildman–Crippen MR) is 84.1 cm³/mol. The summed E-state index contributed by atoms with van der Waals surface area (Å²) < 4.78 is 15.2. The minimum Gasteiger partial charge on any atom is -0.367 e. The van der Waals surface area contributed by atoms with Crippen LogP contribution < -0.4 is 5.32 Å². The first-order valence-electron chi connectivity index (χ1n) is 7.06. The monoisotopic (exact) mass is 283 g/mol. The van der Waals surface area contributed by atoms with Crippen molar-refractivity contribution in [3.63, 3.8) is 0 Å². The Kier molecular flexibility index (Phi) is 3.37. The lowest BCUT2D eigenvalue weighted by atomic mass is 10.1. The van der Waals surface area contributed by atoms with E-state index in [9.17, 15) is 4.39 Å². The molecule has 3 rings (SSSR count). The molecule has 0 unspecified atom stereocenters. The number of hydrogen-bond donors (Lipinski definition) is 1. The van der Waals surface area contributed by atoms with E-state index in [1.54, 1.807) is 12.1 Å². The lowest BCUT2D eigenvalue weighted by Gasteiger charge is -2.12. The Hall–Kier alpha value is -2.36. The highest BCUT2D eigenvalue weighted by Gasteiger charge is 2.15. The van der Waals surface area contributed by atoms with Crippen LogP contribution in [0.25, 0.3) is 16.9 Å². The molecule has 4 heteroatoms. The summed E-state index contributed by atoms with van der Waals surface area (Å²) in [5.74, 6) is 0.701. The minimum atomic E-state index is -0.239. The van der Waals surface area contributed by atoms with E-state index in [-0.39, 0.29) is 11.9 Å². The van der Waals surface area contributed by atoms with Crippen molar-refractivity contribution in [1.29, 1.82) is 0 Å². The van der Waals surface area contributed by atoms with E-state index in [1.165, 1.54) is 12.1 Å². The van der Waals surface area contributed by atoms with Crippen LogP contribution in [0.4, 0.5) is 10.2 Å². The summed E-state index contributed by atoms with van der Waals surface area (Å²) in [5, 5.41) is 3.44. The molecule has 2 aromatic heterocycles. The number of nitrogens with zero attached hydrogens (tertiary/aromatic N) is 2. The average Bonchev–Trinajstić information content (AvgIpc) is 2.80. The molecule has 0 atom stereocenters. The topological polar surface area (TPSA) is 29.3 Å². The minimum absolute atomic E-state index is 0.239. The molecule has 21 heavy (non-hydrogen) atoms. The van der Waals surface area contributed by atoms with Gasteiger partial charge in [0.2, 0.25) is 0 Å². The van der Waals surface area contributed by atoms with Gasteiger partial charge in [-0.2, -0.15) is 0 Å². The lowest BCUT2D eigenvalue weighted by Crippen LogP contribution is -2.12. The van der Waals surface area contributed by atoms with Crippen LogP contribution in [0.3, 0.4) is 0 Å². The number of benzene rings is 1. The smallest absolute Gasteiger partial charge is 0.142 e. The van der Waals surface area contributed by atoms with E-state index in [2.05, 4.69) is 19.2 Å². The van der Waals surface area contributed by atoms with Crippen LogP contribution in [-0.2, 0) is 0 Å². The number of pyridine rings is 1. The summed E-state index contributed by atoms with van der Waals surface area (Å²) in [6.07, 6.45) is 1.99. The van der Waals surface area contributed by atoms with E-state index in [4.69, 9.17) is 4.98 Å². The van der Waals surface area contributed by atoms with Crippen molar-refractivity contribution < 1.29 is 4.39 Å². The SMILES string of the molecule is Cc1cccn2c(NC(C)C)c(-c3ccc(F)cc3)nc12. The summed E-state index contributed by atoms with van der Waals surface area (Å²) >= 11 is 0. The summed E-state index contributed by atoms with van der Waals surface area (Å²) in [6, 6.07) is 10.8. The molecule has 1 N–H and O–H groups in total. The van der Waals surface area contributed by atoms with Crippen LogP contribution in [0.2, 0.25) is 0 Å². The number of rotatable bonds is 3. The summed E-state index contributed by atoms with van der Waals surface area (Å²) in [6.45, 7) is 6.21. The summed E-state index contributed by atoms with van der Waals surface area (Å²) in [4.78, 5) is 4.74. The quantitative estimate of drug-likeness (QED) is 0.778. The van der Waals surface area contributed by atoms with E-state index in [0.717, 1.165) is 28.3 Å². The van der Waals surface area contributed by atoms with Crippen molar-refractivity contribution in [3.05, 3.63) is 54.0 Å². The predicted octanol–water partition coefficient (Wildman–Crippen LogP) is 4.27. The fraction of sp³-hybridized carbons (Fsp3) is 0.235. The summed E-state index contributed by atoms with van der Waals surface area (Å²) in [5.41, 5.74) is 3.78. The first kappa shape index (κ1) is 13.6. The Bertz CT molecular complexity index is 773. The number of imidazole rings is 1. The molecule has 0 fully saturated rings. The van der Waals surface area contributed by atoms with Crippen LogP contribution in [0.5, 0.6) is 0 Å². The molecular weight excluding hydrogens is 265 g/mol. The lowest BCUT2D eigenvalue weighted by molar-refractivity contribution is 0.628. The second kappa shape index (κ2) is 5.20. The van der Waals surface area contributed by atoms with E-state index >= 15 is 0 Å². The van der Waals surface area contributed by atoms with Crippen molar-refractivity contribution >= 4 is 11.5 Å². The van der Waals surface area contributed by atoms with Crippen molar-refractivity contribution in [2.24, 2.45) is 0 Å². The van der Waals surface area contributed by atoms with E-state index in [0.29, 0.717) is 0 Å². The van der Waals surface area contributed by atoms with Crippen LogP contribution in [0.1, 0.15) is 19.4 Å². The number of nitrogens with one attached hydrogen (secondary N) is 1. The van der Waals surface area contributed by atoms with Gasteiger partial charge in [0, 0.05) is 17.8 Å². The maximum Gasteiger partial charge on any atom is 0.142 e. The normalized spacial score (nSPS) is 11.3. The van der Waals surface area contributed by atoms with E-state index < -0.39 is 0 Å². The maximum atomic E-state index is 13.1. The molecule has 0 aliphatic rings. The number of fused-ring (bicyclic) bond motifs is 1. The maximum absolute atomic E-state index is 13.1. The first-order chi connectivity index (χ1) is 10.1. The van der Waals surface area contributed by atoms with Crippen molar-refractivity contribution in [2.45, 2.75) is 26.8 Å². The molecule has 0 aliphatic carbocycles. The fourth-order valence-electron chi connectivity index (χ4n) is 2.42. The molecular formula is C17H18FN3. The molecule has 2 heterocycles. The third kappa shape index (κ3) is 2.49. The first-order valence-corrected chi connectivity index (χ1v) is 7.06. The Labute approximate surface area is 123 Å². The second-order valence-corrected chi connectivity index (χ2v) is 5.50. The number of aromatic nitrogens is 2. The molecule has 0 spiro atoms.